The highest BCUT2D eigenvalue weighted by Gasteiger charge is 2.40. The smallest absolute Gasteiger partial charge is 0.308 e. The van der Waals surface area contributed by atoms with E-state index in [4.69, 9.17) is 27.9 Å². The quantitative estimate of drug-likeness (QED) is 0.866. The van der Waals surface area contributed by atoms with Gasteiger partial charge >= 0.3 is 5.97 Å². The first kappa shape index (κ1) is 18.3. The van der Waals surface area contributed by atoms with Gasteiger partial charge in [-0.05, 0) is 31.9 Å². The van der Waals surface area contributed by atoms with Crippen LogP contribution < -0.4 is 4.74 Å². The van der Waals surface area contributed by atoms with E-state index in [1.165, 1.54) is 23.5 Å². The number of carboxylic acids is 1. The first-order valence-electron chi connectivity index (χ1n) is 6.98. The second-order valence-electron chi connectivity index (χ2n) is 5.34. The summed E-state index contributed by atoms with van der Waals surface area (Å²) in [4.78, 5) is 11.1. The number of aliphatic carboxylic acids is 1. The summed E-state index contributed by atoms with van der Waals surface area (Å²) in [5, 5.41) is 9.12. The maximum atomic E-state index is 12.9. The lowest BCUT2D eigenvalue weighted by molar-refractivity contribution is -0.144. The number of nitrogens with zero attached hydrogens (tertiary/aromatic N) is 1. The zero-order chi connectivity index (χ0) is 17.4. The molecule has 1 aromatic carbocycles. The van der Waals surface area contributed by atoms with E-state index < -0.39 is 28.0 Å². The molecule has 0 unspecified atom stereocenters. The number of hydrogen-bond donors (Lipinski definition) is 1. The topological polar surface area (TPSA) is 83.9 Å². The van der Waals surface area contributed by atoms with Crippen LogP contribution in [-0.2, 0) is 14.8 Å². The van der Waals surface area contributed by atoms with E-state index in [1.54, 1.807) is 6.92 Å². The summed E-state index contributed by atoms with van der Waals surface area (Å²) in [7, 11) is -2.56. The Hall–Kier alpha value is -1.02. The lowest BCUT2D eigenvalue weighted by atomic mass is 9.92. The summed E-state index contributed by atoms with van der Waals surface area (Å²) in [6.45, 7) is 1.84. The van der Waals surface area contributed by atoms with Crippen LogP contribution in [0.4, 0.5) is 0 Å². The fourth-order valence-electron chi connectivity index (χ4n) is 2.78. The summed E-state index contributed by atoms with van der Waals surface area (Å²) in [5.74, 6) is -1.48. The SMILES string of the molecule is COc1ccc(S(=O)(=O)N2CCC[C@H](C(=O)O)[C@@H]2C)c(Cl)c1Cl. The van der Waals surface area contributed by atoms with E-state index in [0.29, 0.717) is 12.8 Å². The van der Waals surface area contributed by atoms with Crippen LogP contribution in [0.15, 0.2) is 17.0 Å². The van der Waals surface area contributed by atoms with Crippen LogP contribution in [0, 0.1) is 5.92 Å². The third-order valence-electron chi connectivity index (χ3n) is 4.07. The molecule has 0 radical (unpaired) electrons. The first-order chi connectivity index (χ1) is 10.7. The predicted octanol–water partition coefficient (Wildman–Crippen LogP) is 2.88. The van der Waals surface area contributed by atoms with Gasteiger partial charge in [-0.3, -0.25) is 4.79 Å². The number of sulfonamides is 1. The molecule has 0 bridgehead atoms. The van der Waals surface area contributed by atoms with Gasteiger partial charge in [0.25, 0.3) is 0 Å². The van der Waals surface area contributed by atoms with Crippen LogP contribution in [0.2, 0.25) is 10.0 Å². The molecule has 0 aromatic heterocycles. The Bertz CT molecular complexity index is 722. The van der Waals surface area contributed by atoms with Gasteiger partial charge in [0, 0.05) is 12.6 Å². The molecule has 6 nitrogen and oxygen atoms in total. The van der Waals surface area contributed by atoms with Gasteiger partial charge in [-0.15, -0.1) is 0 Å². The van der Waals surface area contributed by atoms with E-state index in [1.807, 2.05) is 0 Å². The number of benzene rings is 1. The molecule has 2 rings (SSSR count). The average molecular weight is 382 g/mol. The Kier molecular flexibility index (Phi) is 5.45. The number of methoxy groups -OCH3 is 1. The zero-order valence-corrected chi connectivity index (χ0v) is 15.0. The largest absolute Gasteiger partial charge is 0.495 e. The van der Waals surface area contributed by atoms with Crippen molar-refractivity contribution in [2.24, 2.45) is 5.92 Å². The fraction of sp³-hybridized carbons (Fsp3) is 0.500. The number of piperidine rings is 1. The summed E-state index contributed by atoms with van der Waals surface area (Å²) in [6.07, 6.45) is 0.918. The highest BCUT2D eigenvalue weighted by molar-refractivity contribution is 7.89. The Labute approximate surface area is 145 Å². The van der Waals surface area contributed by atoms with E-state index >= 15 is 0 Å². The van der Waals surface area contributed by atoms with E-state index in [0.717, 1.165) is 0 Å². The van der Waals surface area contributed by atoms with Crippen LogP contribution in [0.3, 0.4) is 0 Å². The molecular formula is C14H17Cl2NO5S. The minimum Gasteiger partial charge on any atom is -0.495 e. The zero-order valence-electron chi connectivity index (χ0n) is 12.6. The van der Waals surface area contributed by atoms with Crippen LogP contribution >= 0.6 is 23.2 Å². The maximum absolute atomic E-state index is 12.9. The number of rotatable bonds is 4. The van der Waals surface area contributed by atoms with Crippen molar-refractivity contribution in [3.8, 4) is 5.75 Å². The normalized spacial score (nSPS) is 22.8. The molecule has 1 aliphatic rings. The van der Waals surface area contributed by atoms with E-state index in [-0.39, 0.29) is 27.2 Å². The molecule has 1 aromatic rings. The average Bonchev–Trinajstić information content (AvgIpc) is 2.49. The van der Waals surface area contributed by atoms with Crippen LogP contribution in [0.5, 0.6) is 5.75 Å². The lowest BCUT2D eigenvalue weighted by Gasteiger charge is -2.36. The van der Waals surface area contributed by atoms with Crippen molar-refractivity contribution in [1.29, 1.82) is 0 Å². The Morgan fingerprint density at radius 3 is 2.57 bits per heavy atom. The monoisotopic (exact) mass is 381 g/mol. The van der Waals surface area contributed by atoms with Crippen molar-refractivity contribution in [2.75, 3.05) is 13.7 Å². The summed E-state index contributed by atoms with van der Waals surface area (Å²) < 4.78 is 32.0. The number of hydrogen-bond acceptors (Lipinski definition) is 4. The van der Waals surface area contributed by atoms with Crippen LogP contribution in [0.1, 0.15) is 19.8 Å². The second-order valence-corrected chi connectivity index (χ2v) is 7.95. The first-order valence-corrected chi connectivity index (χ1v) is 9.18. The van der Waals surface area contributed by atoms with Crippen molar-refractivity contribution < 1.29 is 23.1 Å². The maximum Gasteiger partial charge on any atom is 0.308 e. The van der Waals surface area contributed by atoms with Gasteiger partial charge in [-0.1, -0.05) is 23.2 Å². The molecule has 128 valence electrons. The van der Waals surface area contributed by atoms with Crippen molar-refractivity contribution in [3.63, 3.8) is 0 Å². The highest BCUT2D eigenvalue weighted by Crippen LogP contribution is 2.39. The van der Waals surface area contributed by atoms with Gasteiger partial charge < -0.3 is 9.84 Å². The predicted molar refractivity (Wildman–Crippen MR) is 86.7 cm³/mol. The molecule has 0 saturated carbocycles. The summed E-state index contributed by atoms with van der Waals surface area (Å²) >= 11 is 12.1. The molecule has 2 atom stereocenters. The Morgan fingerprint density at radius 1 is 1.35 bits per heavy atom. The molecule has 1 N–H and O–H groups in total. The molecule has 1 aliphatic heterocycles. The standard InChI is InChI=1S/C14H17Cl2NO5S/c1-8-9(14(18)19)4-3-7-17(8)23(20,21)11-6-5-10(22-2)12(15)13(11)16/h5-6,8-9H,3-4,7H2,1-2H3,(H,18,19)/t8-,9-/m0/s1. The molecule has 1 fully saturated rings. The van der Waals surface area contributed by atoms with Gasteiger partial charge in [0.1, 0.15) is 15.7 Å². The summed E-state index contributed by atoms with van der Waals surface area (Å²) in [6, 6.07) is 2.08. The molecule has 23 heavy (non-hydrogen) atoms. The highest BCUT2D eigenvalue weighted by atomic mass is 35.5. The third kappa shape index (κ3) is 3.28. The second kappa shape index (κ2) is 6.84. The van der Waals surface area contributed by atoms with Gasteiger partial charge in [0.2, 0.25) is 10.0 Å². The molecule has 0 spiro atoms. The number of ether oxygens (including phenoxy) is 1. The number of halogens is 2. The molecule has 0 amide bonds. The Balaban J connectivity index is 2.46. The molecule has 9 heteroatoms. The third-order valence-corrected chi connectivity index (χ3v) is 7.07. The van der Waals surface area contributed by atoms with Crippen molar-refractivity contribution >= 4 is 39.2 Å². The minimum atomic E-state index is -3.96. The van der Waals surface area contributed by atoms with Crippen LogP contribution in [-0.4, -0.2) is 43.5 Å². The molecule has 1 heterocycles. The van der Waals surface area contributed by atoms with Crippen molar-refractivity contribution in [1.82, 2.24) is 4.31 Å². The Morgan fingerprint density at radius 2 is 2.00 bits per heavy atom. The van der Waals surface area contributed by atoms with Crippen LogP contribution in [0.25, 0.3) is 0 Å². The van der Waals surface area contributed by atoms with Crippen molar-refractivity contribution in [3.05, 3.63) is 22.2 Å². The number of carboxylic acid groups (broad SMARTS) is 1. The van der Waals surface area contributed by atoms with Gasteiger partial charge in [0.15, 0.2) is 0 Å². The number of carbonyl (C=O) groups is 1. The molecule has 0 aliphatic carbocycles. The molecular weight excluding hydrogens is 365 g/mol. The van der Waals surface area contributed by atoms with E-state index in [2.05, 4.69) is 0 Å². The van der Waals surface area contributed by atoms with Gasteiger partial charge in [0.05, 0.1) is 18.1 Å². The van der Waals surface area contributed by atoms with Crippen molar-refractivity contribution in [2.45, 2.75) is 30.7 Å². The van der Waals surface area contributed by atoms with Gasteiger partial charge in [-0.2, -0.15) is 4.31 Å². The fourth-order valence-corrected chi connectivity index (χ4v) is 5.30. The summed E-state index contributed by atoms with van der Waals surface area (Å²) in [5.41, 5.74) is 0. The van der Waals surface area contributed by atoms with Gasteiger partial charge in [-0.25, -0.2) is 8.42 Å². The minimum absolute atomic E-state index is 0.00897. The van der Waals surface area contributed by atoms with E-state index in [9.17, 15) is 18.3 Å². The molecule has 1 saturated heterocycles. The lowest BCUT2D eigenvalue weighted by Crippen LogP contribution is -2.49.